The van der Waals surface area contributed by atoms with Gasteiger partial charge in [-0.25, -0.2) is 9.78 Å². The average molecular weight is 507 g/mol. The van der Waals surface area contributed by atoms with E-state index in [9.17, 15) is 19.5 Å². The van der Waals surface area contributed by atoms with Crippen molar-refractivity contribution in [1.82, 2.24) is 4.98 Å². The molecule has 0 fully saturated rings. The van der Waals surface area contributed by atoms with Crippen LogP contribution in [0.3, 0.4) is 0 Å². The largest absolute Gasteiger partial charge is 0.480 e. The van der Waals surface area contributed by atoms with Crippen LogP contribution >= 0.6 is 0 Å². The van der Waals surface area contributed by atoms with Crippen LogP contribution in [0.2, 0.25) is 0 Å². The number of carbonyl (C=O) groups is 1. The van der Waals surface area contributed by atoms with Gasteiger partial charge in [-0.3, -0.25) is 9.59 Å². The summed E-state index contributed by atoms with van der Waals surface area (Å²) in [4.78, 5) is 42.8. The topological polar surface area (TPSA) is 112 Å². The Bertz CT molecular complexity index is 1650. The molecule has 5 aromatic rings. The minimum atomic E-state index is -1.11. The average Bonchev–Trinajstić information content (AvgIpc) is 2.93. The Morgan fingerprint density at radius 3 is 2.34 bits per heavy atom. The zero-order valence-corrected chi connectivity index (χ0v) is 20.7. The number of carboxylic acids is 1. The normalized spacial score (nSPS) is 11.8. The van der Waals surface area contributed by atoms with Gasteiger partial charge in [0.1, 0.15) is 23.2 Å². The van der Waals surface area contributed by atoms with E-state index in [0.717, 1.165) is 33.4 Å². The second-order valence-electron chi connectivity index (χ2n) is 9.17. The third-order valence-electron chi connectivity index (χ3n) is 6.48. The van der Waals surface area contributed by atoms with E-state index < -0.39 is 22.9 Å². The molecule has 5 rings (SSSR count). The quantitative estimate of drug-likeness (QED) is 0.240. The Hall–Kier alpha value is -4.98. The molecule has 8 heteroatoms. The lowest BCUT2D eigenvalue weighted by molar-refractivity contribution is -0.137. The number of hydrogen-bond donors (Lipinski definition) is 3. The molecule has 4 aromatic carbocycles. The van der Waals surface area contributed by atoms with Crippen molar-refractivity contribution >= 4 is 39.6 Å². The maximum absolute atomic E-state index is 12.3. The molecule has 3 N–H and O–H groups in total. The van der Waals surface area contributed by atoms with Crippen molar-refractivity contribution in [2.75, 3.05) is 22.6 Å². The fraction of sp³-hybridized carbons (Fsp3) is 0.133. The van der Waals surface area contributed by atoms with Gasteiger partial charge in [0.25, 0.3) is 10.9 Å². The van der Waals surface area contributed by atoms with Crippen molar-refractivity contribution in [1.29, 1.82) is 0 Å². The van der Waals surface area contributed by atoms with E-state index in [0.29, 0.717) is 6.54 Å². The van der Waals surface area contributed by atoms with Gasteiger partial charge in [-0.2, -0.15) is 0 Å². The minimum Gasteiger partial charge on any atom is -0.480 e. The molecule has 8 nitrogen and oxygen atoms in total. The van der Waals surface area contributed by atoms with Crippen LogP contribution < -0.4 is 26.4 Å². The molecule has 0 spiro atoms. The number of fused-ring (bicyclic) bond motifs is 1. The van der Waals surface area contributed by atoms with Gasteiger partial charge in [0, 0.05) is 37.3 Å². The highest BCUT2D eigenvalue weighted by atomic mass is 16.4. The number of benzene rings is 3. The maximum atomic E-state index is 12.3. The van der Waals surface area contributed by atoms with Crippen molar-refractivity contribution in [2.45, 2.75) is 19.0 Å². The van der Waals surface area contributed by atoms with Crippen molar-refractivity contribution in [2.24, 2.45) is 0 Å². The van der Waals surface area contributed by atoms with Crippen LogP contribution in [0, 0.1) is 0 Å². The zero-order valence-electron chi connectivity index (χ0n) is 20.7. The molecule has 190 valence electrons. The lowest BCUT2D eigenvalue weighted by Crippen LogP contribution is -2.44. The van der Waals surface area contributed by atoms with E-state index in [1.807, 2.05) is 84.9 Å². The molecule has 1 aromatic heterocycles. The molecular weight excluding hydrogens is 480 g/mol. The van der Waals surface area contributed by atoms with Gasteiger partial charge < -0.3 is 20.6 Å². The Balaban J connectivity index is 1.29. The SMILES string of the molecule is CN(Cc1ccccc1)c1c(N[C@@H](Cc2ccc(Nc3nccc4ccccc34)cc2)C(=O)O)c(=O)c1=O. The first-order valence-electron chi connectivity index (χ1n) is 12.2. The van der Waals surface area contributed by atoms with E-state index in [4.69, 9.17) is 0 Å². The fourth-order valence-electron chi connectivity index (χ4n) is 4.50. The highest BCUT2D eigenvalue weighted by molar-refractivity contribution is 5.93. The Morgan fingerprint density at radius 2 is 1.61 bits per heavy atom. The van der Waals surface area contributed by atoms with Gasteiger partial charge in [-0.15, -0.1) is 0 Å². The number of anilines is 4. The van der Waals surface area contributed by atoms with E-state index in [-0.39, 0.29) is 17.8 Å². The summed E-state index contributed by atoms with van der Waals surface area (Å²) in [6.07, 6.45) is 1.87. The highest BCUT2D eigenvalue weighted by Crippen LogP contribution is 2.25. The first-order valence-corrected chi connectivity index (χ1v) is 12.2. The molecule has 0 bridgehead atoms. The molecule has 0 radical (unpaired) electrons. The van der Waals surface area contributed by atoms with E-state index in [1.165, 1.54) is 0 Å². The number of aromatic nitrogens is 1. The number of rotatable bonds is 10. The van der Waals surface area contributed by atoms with Gasteiger partial charge in [-0.1, -0.05) is 66.7 Å². The van der Waals surface area contributed by atoms with Crippen molar-refractivity contribution in [3.05, 3.63) is 123 Å². The fourth-order valence-corrected chi connectivity index (χ4v) is 4.50. The molecule has 0 amide bonds. The molecular formula is C30H26N4O4. The van der Waals surface area contributed by atoms with Crippen LogP contribution in [-0.2, 0) is 17.8 Å². The number of carboxylic acid groups (broad SMARTS) is 1. The third-order valence-corrected chi connectivity index (χ3v) is 6.48. The predicted octanol–water partition coefficient (Wildman–Crippen LogP) is 4.32. The summed E-state index contributed by atoms with van der Waals surface area (Å²) in [7, 11) is 1.71. The molecule has 1 atom stereocenters. The van der Waals surface area contributed by atoms with Crippen LogP contribution in [0.25, 0.3) is 10.8 Å². The second kappa shape index (κ2) is 10.6. The molecule has 38 heavy (non-hydrogen) atoms. The third kappa shape index (κ3) is 5.10. The molecule has 0 aliphatic heterocycles. The van der Waals surface area contributed by atoms with E-state index >= 15 is 0 Å². The zero-order chi connectivity index (χ0) is 26.6. The molecule has 0 aliphatic rings. The Labute approximate surface area is 218 Å². The summed E-state index contributed by atoms with van der Waals surface area (Å²) in [5.74, 6) is -0.384. The molecule has 0 unspecified atom stereocenters. The molecule has 0 aliphatic carbocycles. The van der Waals surface area contributed by atoms with Crippen LogP contribution in [0.15, 0.2) is 101 Å². The number of nitrogens with one attached hydrogen (secondary N) is 2. The first-order chi connectivity index (χ1) is 18.4. The van der Waals surface area contributed by atoms with Crippen LogP contribution in [-0.4, -0.2) is 29.1 Å². The summed E-state index contributed by atoms with van der Waals surface area (Å²) in [6, 6.07) is 25.7. The van der Waals surface area contributed by atoms with E-state index in [1.54, 1.807) is 18.1 Å². The van der Waals surface area contributed by atoms with Gasteiger partial charge in [0.05, 0.1) is 0 Å². The maximum Gasteiger partial charge on any atom is 0.326 e. The number of aliphatic carboxylic acids is 1. The summed E-state index contributed by atoms with van der Waals surface area (Å²) >= 11 is 0. The Kier molecular flexibility index (Phi) is 6.86. The molecule has 1 heterocycles. The lowest BCUT2D eigenvalue weighted by Gasteiger charge is -2.25. The first kappa shape index (κ1) is 24.7. The minimum absolute atomic E-state index is 0.0427. The van der Waals surface area contributed by atoms with Crippen LogP contribution in [0.1, 0.15) is 11.1 Å². The summed E-state index contributed by atoms with van der Waals surface area (Å²) in [5, 5.41) is 18.0. The van der Waals surface area contributed by atoms with Crippen LogP contribution in [0.4, 0.5) is 22.9 Å². The number of nitrogens with zero attached hydrogens (tertiary/aromatic N) is 2. The Morgan fingerprint density at radius 1 is 0.895 bits per heavy atom. The summed E-state index contributed by atoms with van der Waals surface area (Å²) in [6.45, 7) is 0.415. The number of hydrogen-bond acceptors (Lipinski definition) is 7. The van der Waals surface area contributed by atoms with Gasteiger partial charge in [0.15, 0.2) is 0 Å². The van der Waals surface area contributed by atoms with Crippen molar-refractivity contribution in [3.63, 3.8) is 0 Å². The smallest absolute Gasteiger partial charge is 0.326 e. The monoisotopic (exact) mass is 506 g/mol. The highest BCUT2D eigenvalue weighted by Gasteiger charge is 2.28. The van der Waals surface area contributed by atoms with Crippen molar-refractivity contribution in [3.8, 4) is 0 Å². The predicted molar refractivity (Wildman–Crippen MR) is 150 cm³/mol. The summed E-state index contributed by atoms with van der Waals surface area (Å²) < 4.78 is 0. The van der Waals surface area contributed by atoms with Gasteiger partial charge in [0.2, 0.25) is 0 Å². The van der Waals surface area contributed by atoms with E-state index in [2.05, 4.69) is 15.6 Å². The molecule has 0 saturated heterocycles. The van der Waals surface area contributed by atoms with Crippen molar-refractivity contribution < 1.29 is 9.90 Å². The lowest BCUT2D eigenvalue weighted by atomic mass is 10.0. The number of pyridine rings is 1. The molecule has 0 saturated carbocycles. The van der Waals surface area contributed by atoms with Gasteiger partial charge in [-0.05, 0) is 34.7 Å². The van der Waals surface area contributed by atoms with Gasteiger partial charge >= 0.3 is 5.97 Å². The second-order valence-corrected chi connectivity index (χ2v) is 9.17. The summed E-state index contributed by atoms with van der Waals surface area (Å²) in [5.41, 5.74) is 1.47. The van der Waals surface area contributed by atoms with Crippen LogP contribution in [0.5, 0.6) is 0 Å². The standard InChI is InChI=1S/C30H26N4O4/c1-34(18-20-7-3-2-4-8-20)26-25(27(35)28(26)36)33-24(30(37)38)17-19-11-13-22(14-12-19)32-29-23-10-6-5-9-21(23)15-16-31-29/h2-16,24,33H,17-18H2,1H3,(H,31,32)(H,37,38)/t24-/m0/s1.